The van der Waals surface area contributed by atoms with E-state index < -0.39 is 5.97 Å². The molecule has 106 valence electrons. The summed E-state index contributed by atoms with van der Waals surface area (Å²) in [6.45, 7) is 4.61. The number of unbranched alkanes of at least 4 members (excludes halogenated alkanes) is 7. The van der Waals surface area contributed by atoms with Crippen molar-refractivity contribution in [3.8, 4) is 0 Å². The summed E-state index contributed by atoms with van der Waals surface area (Å²) in [4.78, 5) is 10.2. The minimum absolute atomic E-state index is 0.837. The van der Waals surface area contributed by atoms with Gasteiger partial charge in [0.15, 0.2) is 0 Å². The Labute approximate surface area is 112 Å². The first-order valence-corrected chi connectivity index (χ1v) is 7.56. The van der Waals surface area contributed by atoms with Gasteiger partial charge in [-0.2, -0.15) is 0 Å². The van der Waals surface area contributed by atoms with Crippen molar-refractivity contribution in [3.05, 3.63) is 12.2 Å². The Balaban J connectivity index is 3.10. The van der Waals surface area contributed by atoms with Crippen LogP contribution in [-0.4, -0.2) is 11.1 Å². The summed E-state index contributed by atoms with van der Waals surface area (Å²) in [5.74, 6) is 0.0577. The Morgan fingerprint density at radius 1 is 1.06 bits per heavy atom. The third-order valence-electron chi connectivity index (χ3n) is 3.53. The van der Waals surface area contributed by atoms with Crippen LogP contribution in [0.25, 0.3) is 0 Å². The molecule has 0 bridgehead atoms. The molecule has 0 saturated heterocycles. The first-order valence-electron chi connectivity index (χ1n) is 7.56. The van der Waals surface area contributed by atoms with Crippen LogP contribution in [0.2, 0.25) is 0 Å². The maximum Gasteiger partial charge on any atom is 0.327 e. The molecule has 0 amide bonds. The first kappa shape index (κ1) is 17.2. The van der Waals surface area contributed by atoms with Crippen molar-refractivity contribution in [2.75, 3.05) is 0 Å². The number of rotatable bonds is 12. The highest BCUT2D eigenvalue weighted by Crippen LogP contribution is 2.14. The summed E-state index contributed by atoms with van der Waals surface area (Å²) in [6.07, 6.45) is 15.7. The lowest BCUT2D eigenvalue weighted by Gasteiger charge is -2.07. The van der Waals surface area contributed by atoms with Gasteiger partial charge in [-0.25, -0.2) is 4.79 Å². The number of carboxylic acids is 1. The maximum absolute atomic E-state index is 10.2. The van der Waals surface area contributed by atoms with Crippen molar-refractivity contribution in [2.45, 2.75) is 78.1 Å². The summed E-state index contributed by atoms with van der Waals surface area (Å²) < 4.78 is 0. The van der Waals surface area contributed by atoms with Crippen LogP contribution >= 0.6 is 0 Å². The van der Waals surface area contributed by atoms with E-state index in [-0.39, 0.29) is 0 Å². The van der Waals surface area contributed by atoms with Crippen LogP contribution in [0.1, 0.15) is 78.1 Å². The van der Waals surface area contributed by atoms with E-state index in [1.807, 2.05) is 0 Å². The molecule has 2 nitrogen and oxygen atoms in total. The van der Waals surface area contributed by atoms with E-state index in [4.69, 9.17) is 5.11 Å². The highest BCUT2D eigenvalue weighted by Gasteiger charge is 1.98. The topological polar surface area (TPSA) is 37.3 Å². The van der Waals surface area contributed by atoms with Crippen molar-refractivity contribution < 1.29 is 9.90 Å². The van der Waals surface area contributed by atoms with Gasteiger partial charge < -0.3 is 5.11 Å². The van der Waals surface area contributed by atoms with E-state index in [2.05, 4.69) is 13.8 Å². The number of aliphatic carboxylic acids is 1. The standard InChI is InChI=1S/C16H30O2/c1-3-15(2)13-11-9-7-5-4-6-8-10-12-14-16(17)18/h12,14-15H,3-11,13H2,1-2H3,(H,17,18). The molecule has 0 aromatic carbocycles. The summed E-state index contributed by atoms with van der Waals surface area (Å²) >= 11 is 0. The van der Waals surface area contributed by atoms with Crippen LogP contribution in [0.5, 0.6) is 0 Å². The minimum atomic E-state index is -0.837. The number of hydrogen-bond acceptors (Lipinski definition) is 1. The zero-order valence-electron chi connectivity index (χ0n) is 12.2. The molecule has 0 aromatic heterocycles. The largest absolute Gasteiger partial charge is 0.478 e. The molecule has 0 heterocycles. The maximum atomic E-state index is 10.2. The predicted molar refractivity (Wildman–Crippen MR) is 77.8 cm³/mol. The van der Waals surface area contributed by atoms with E-state index >= 15 is 0 Å². The zero-order valence-corrected chi connectivity index (χ0v) is 12.2. The molecule has 0 rings (SSSR count). The fourth-order valence-corrected chi connectivity index (χ4v) is 2.03. The molecule has 0 aliphatic rings. The fraction of sp³-hybridized carbons (Fsp3) is 0.812. The van der Waals surface area contributed by atoms with Gasteiger partial charge in [0.25, 0.3) is 0 Å². The van der Waals surface area contributed by atoms with E-state index in [0.29, 0.717) is 0 Å². The van der Waals surface area contributed by atoms with Gasteiger partial charge in [0.1, 0.15) is 0 Å². The molecule has 1 unspecified atom stereocenters. The third-order valence-corrected chi connectivity index (χ3v) is 3.53. The first-order chi connectivity index (χ1) is 8.66. The minimum Gasteiger partial charge on any atom is -0.478 e. The van der Waals surface area contributed by atoms with Crippen molar-refractivity contribution in [3.63, 3.8) is 0 Å². The van der Waals surface area contributed by atoms with E-state index in [0.717, 1.165) is 18.8 Å². The zero-order chi connectivity index (χ0) is 13.6. The predicted octanol–water partition coefficient (Wildman–Crippen LogP) is 5.18. The number of hydrogen-bond donors (Lipinski definition) is 1. The smallest absolute Gasteiger partial charge is 0.327 e. The van der Waals surface area contributed by atoms with Gasteiger partial charge in [-0.05, 0) is 18.8 Å². The lowest BCUT2D eigenvalue weighted by Crippen LogP contribution is -1.91. The van der Waals surface area contributed by atoms with Gasteiger partial charge in [0.05, 0.1) is 0 Å². The Hall–Kier alpha value is -0.790. The molecule has 0 spiro atoms. The summed E-state index contributed by atoms with van der Waals surface area (Å²) in [5.41, 5.74) is 0. The van der Waals surface area contributed by atoms with Crippen LogP contribution in [-0.2, 0) is 4.79 Å². The second kappa shape index (κ2) is 12.7. The Morgan fingerprint density at radius 3 is 2.17 bits per heavy atom. The molecule has 0 radical (unpaired) electrons. The molecule has 18 heavy (non-hydrogen) atoms. The Morgan fingerprint density at radius 2 is 1.61 bits per heavy atom. The number of carbonyl (C=O) groups is 1. The van der Waals surface area contributed by atoms with E-state index in [1.165, 1.54) is 57.4 Å². The second-order valence-electron chi connectivity index (χ2n) is 5.31. The molecule has 0 aromatic rings. The molecule has 0 saturated carbocycles. The van der Waals surface area contributed by atoms with Crippen LogP contribution in [0.4, 0.5) is 0 Å². The molecular formula is C16H30O2. The number of carboxylic acid groups (broad SMARTS) is 1. The van der Waals surface area contributed by atoms with Crippen molar-refractivity contribution in [1.29, 1.82) is 0 Å². The molecule has 1 atom stereocenters. The van der Waals surface area contributed by atoms with Crippen LogP contribution < -0.4 is 0 Å². The van der Waals surface area contributed by atoms with Gasteiger partial charge in [0.2, 0.25) is 0 Å². The lowest BCUT2D eigenvalue weighted by atomic mass is 9.99. The number of allylic oxidation sites excluding steroid dienone is 1. The molecule has 1 N–H and O–H groups in total. The van der Waals surface area contributed by atoms with Gasteiger partial charge >= 0.3 is 5.97 Å². The van der Waals surface area contributed by atoms with E-state index in [9.17, 15) is 4.79 Å². The van der Waals surface area contributed by atoms with Crippen LogP contribution in [0.15, 0.2) is 12.2 Å². The molecular weight excluding hydrogens is 224 g/mol. The summed E-state index contributed by atoms with van der Waals surface area (Å²) in [7, 11) is 0. The fourth-order valence-electron chi connectivity index (χ4n) is 2.03. The molecule has 0 fully saturated rings. The molecule has 0 aliphatic heterocycles. The van der Waals surface area contributed by atoms with Gasteiger partial charge in [-0.1, -0.05) is 71.3 Å². The van der Waals surface area contributed by atoms with Crippen molar-refractivity contribution in [1.82, 2.24) is 0 Å². The average Bonchev–Trinajstić information content (AvgIpc) is 2.35. The Bertz CT molecular complexity index is 221. The second-order valence-corrected chi connectivity index (χ2v) is 5.31. The quantitative estimate of drug-likeness (QED) is 0.384. The normalized spacial score (nSPS) is 13.0. The van der Waals surface area contributed by atoms with Crippen molar-refractivity contribution in [2.24, 2.45) is 5.92 Å². The lowest BCUT2D eigenvalue weighted by molar-refractivity contribution is -0.131. The SMILES string of the molecule is CCC(C)CCCCCCCCCC=CC(=O)O. The van der Waals surface area contributed by atoms with Crippen LogP contribution in [0.3, 0.4) is 0 Å². The monoisotopic (exact) mass is 254 g/mol. The van der Waals surface area contributed by atoms with Gasteiger partial charge in [-0.15, -0.1) is 0 Å². The average molecular weight is 254 g/mol. The third kappa shape index (κ3) is 13.3. The molecule has 0 aliphatic carbocycles. The summed E-state index contributed by atoms with van der Waals surface area (Å²) in [5, 5.41) is 8.41. The van der Waals surface area contributed by atoms with Crippen LogP contribution in [0, 0.1) is 5.92 Å². The van der Waals surface area contributed by atoms with Crippen molar-refractivity contribution >= 4 is 5.97 Å². The van der Waals surface area contributed by atoms with Gasteiger partial charge in [-0.3, -0.25) is 0 Å². The highest BCUT2D eigenvalue weighted by atomic mass is 16.4. The van der Waals surface area contributed by atoms with Gasteiger partial charge in [0, 0.05) is 6.08 Å². The van der Waals surface area contributed by atoms with E-state index in [1.54, 1.807) is 6.08 Å². The Kier molecular flexibility index (Phi) is 12.1. The summed E-state index contributed by atoms with van der Waals surface area (Å²) in [6, 6.07) is 0. The molecule has 2 heteroatoms. The highest BCUT2D eigenvalue weighted by molar-refractivity contribution is 5.79.